The molecular formula is C22H25N3O4. The molecule has 7 nitrogen and oxygen atoms in total. The Balaban J connectivity index is 1.37. The number of unbranched alkanes of at least 4 members (excludes halogenated alkanes) is 1. The van der Waals surface area contributed by atoms with Crippen molar-refractivity contribution >= 4 is 5.91 Å². The number of amides is 1. The van der Waals surface area contributed by atoms with Crippen LogP contribution in [0.25, 0.3) is 11.4 Å². The second-order valence-corrected chi connectivity index (χ2v) is 6.57. The summed E-state index contributed by atoms with van der Waals surface area (Å²) in [7, 11) is 3.27. The number of aromatic nitrogens is 2. The van der Waals surface area contributed by atoms with Gasteiger partial charge in [-0.15, -0.1) is 0 Å². The maximum atomic E-state index is 12.1. The lowest BCUT2D eigenvalue weighted by Gasteiger charge is -2.05. The van der Waals surface area contributed by atoms with Crippen molar-refractivity contribution in [2.75, 3.05) is 20.8 Å². The molecule has 1 aromatic heterocycles. The van der Waals surface area contributed by atoms with Crippen LogP contribution in [-0.4, -0.2) is 36.8 Å². The molecule has 3 rings (SSSR count). The Morgan fingerprint density at radius 1 is 0.966 bits per heavy atom. The van der Waals surface area contributed by atoms with E-state index in [1.54, 1.807) is 14.2 Å². The third-order valence-corrected chi connectivity index (χ3v) is 4.50. The summed E-state index contributed by atoms with van der Waals surface area (Å²) in [6, 6.07) is 15.4. The fourth-order valence-electron chi connectivity index (χ4n) is 2.86. The van der Waals surface area contributed by atoms with Crippen LogP contribution in [0.1, 0.15) is 24.3 Å². The Morgan fingerprint density at radius 3 is 2.28 bits per heavy atom. The largest absolute Gasteiger partial charge is 0.497 e. The number of carbonyl (C=O) groups is 1. The summed E-state index contributed by atoms with van der Waals surface area (Å²) in [5.41, 5.74) is 2.06. The molecule has 152 valence electrons. The second-order valence-electron chi connectivity index (χ2n) is 6.57. The Hall–Kier alpha value is -3.35. The highest BCUT2D eigenvalue weighted by Crippen LogP contribution is 2.19. The van der Waals surface area contributed by atoms with Crippen molar-refractivity contribution in [2.24, 2.45) is 0 Å². The number of carbonyl (C=O) groups excluding carboxylic acids is 1. The van der Waals surface area contributed by atoms with Crippen LogP contribution in [0.4, 0.5) is 0 Å². The van der Waals surface area contributed by atoms with Crippen molar-refractivity contribution < 1.29 is 18.8 Å². The molecule has 0 saturated heterocycles. The van der Waals surface area contributed by atoms with Gasteiger partial charge in [-0.05, 0) is 61.2 Å². The molecule has 0 atom stereocenters. The van der Waals surface area contributed by atoms with E-state index in [0.717, 1.165) is 36.3 Å². The van der Waals surface area contributed by atoms with E-state index in [-0.39, 0.29) is 12.3 Å². The van der Waals surface area contributed by atoms with Crippen molar-refractivity contribution in [3.05, 3.63) is 60.0 Å². The van der Waals surface area contributed by atoms with Crippen molar-refractivity contribution in [1.82, 2.24) is 15.5 Å². The van der Waals surface area contributed by atoms with E-state index in [9.17, 15) is 4.79 Å². The van der Waals surface area contributed by atoms with Crippen LogP contribution in [0.2, 0.25) is 0 Å². The molecule has 1 N–H and O–H groups in total. The highest BCUT2D eigenvalue weighted by molar-refractivity contribution is 5.77. The predicted molar refractivity (Wildman–Crippen MR) is 109 cm³/mol. The van der Waals surface area contributed by atoms with Crippen LogP contribution in [0, 0.1) is 0 Å². The van der Waals surface area contributed by atoms with Gasteiger partial charge in [-0.3, -0.25) is 4.79 Å². The number of nitrogens with zero attached hydrogens (tertiary/aromatic N) is 2. The quantitative estimate of drug-likeness (QED) is 0.529. The summed E-state index contributed by atoms with van der Waals surface area (Å²) in [5.74, 6) is 2.24. The number of hydrogen-bond acceptors (Lipinski definition) is 6. The number of benzene rings is 2. The molecule has 0 fully saturated rings. The number of methoxy groups -OCH3 is 2. The molecule has 0 unspecified atom stereocenters. The molecular weight excluding hydrogens is 370 g/mol. The van der Waals surface area contributed by atoms with Gasteiger partial charge in [-0.2, -0.15) is 4.98 Å². The number of ether oxygens (including phenoxy) is 2. The Bertz CT molecular complexity index is 905. The van der Waals surface area contributed by atoms with Crippen LogP contribution >= 0.6 is 0 Å². The zero-order chi connectivity index (χ0) is 20.5. The summed E-state index contributed by atoms with van der Waals surface area (Å²) in [5, 5.41) is 6.83. The van der Waals surface area contributed by atoms with Crippen molar-refractivity contribution in [1.29, 1.82) is 0 Å². The van der Waals surface area contributed by atoms with Crippen molar-refractivity contribution in [3.63, 3.8) is 0 Å². The van der Waals surface area contributed by atoms with Crippen LogP contribution in [-0.2, 0) is 17.6 Å². The van der Waals surface area contributed by atoms with E-state index >= 15 is 0 Å². The minimum Gasteiger partial charge on any atom is -0.497 e. The molecule has 0 aliphatic heterocycles. The highest BCUT2D eigenvalue weighted by Gasteiger charge is 2.12. The lowest BCUT2D eigenvalue weighted by atomic mass is 10.1. The normalized spacial score (nSPS) is 10.6. The summed E-state index contributed by atoms with van der Waals surface area (Å²) >= 11 is 0. The topological polar surface area (TPSA) is 86.5 Å². The van der Waals surface area contributed by atoms with Gasteiger partial charge in [0.05, 0.1) is 14.2 Å². The lowest BCUT2D eigenvalue weighted by Crippen LogP contribution is -2.26. The summed E-state index contributed by atoms with van der Waals surface area (Å²) in [4.78, 5) is 16.4. The van der Waals surface area contributed by atoms with Gasteiger partial charge in [-0.1, -0.05) is 17.3 Å². The maximum absolute atomic E-state index is 12.1. The standard InChI is InChI=1S/C22H25N3O4/c1-27-18-10-6-16(7-11-18)5-3-4-14-23-20(26)15-21-24-22(25-29-21)17-8-12-19(28-2)13-9-17/h6-13H,3-5,14-15H2,1-2H3,(H,23,26). The average molecular weight is 395 g/mol. The Kier molecular flexibility index (Phi) is 7.22. The van der Waals surface area contributed by atoms with Crippen molar-refractivity contribution in [3.8, 4) is 22.9 Å². The maximum Gasteiger partial charge on any atom is 0.236 e. The molecule has 2 aromatic carbocycles. The van der Waals surface area contributed by atoms with Gasteiger partial charge in [0.2, 0.25) is 17.6 Å². The van der Waals surface area contributed by atoms with E-state index in [4.69, 9.17) is 14.0 Å². The van der Waals surface area contributed by atoms with Gasteiger partial charge >= 0.3 is 0 Å². The fraction of sp³-hybridized carbons (Fsp3) is 0.318. The van der Waals surface area contributed by atoms with Crippen LogP contribution < -0.4 is 14.8 Å². The number of rotatable bonds is 10. The lowest BCUT2D eigenvalue weighted by molar-refractivity contribution is -0.120. The van der Waals surface area contributed by atoms with Gasteiger partial charge < -0.3 is 19.3 Å². The van der Waals surface area contributed by atoms with E-state index in [0.29, 0.717) is 18.3 Å². The summed E-state index contributed by atoms with van der Waals surface area (Å²) in [6.45, 7) is 0.620. The first-order valence-corrected chi connectivity index (χ1v) is 9.54. The minimum absolute atomic E-state index is 0.0711. The average Bonchev–Trinajstić information content (AvgIpc) is 3.22. The minimum atomic E-state index is -0.126. The van der Waals surface area contributed by atoms with Crippen LogP contribution in [0.3, 0.4) is 0 Å². The first-order chi connectivity index (χ1) is 14.2. The predicted octanol–water partition coefficient (Wildman–Crippen LogP) is 3.44. The first kappa shape index (κ1) is 20.4. The van der Waals surface area contributed by atoms with Gasteiger partial charge in [0, 0.05) is 12.1 Å². The SMILES string of the molecule is COc1ccc(CCCCNC(=O)Cc2nc(-c3ccc(OC)cc3)no2)cc1. The molecule has 3 aromatic rings. The van der Waals surface area contributed by atoms with Gasteiger partial charge in [0.1, 0.15) is 17.9 Å². The molecule has 0 aliphatic rings. The number of aryl methyl sites for hydroxylation is 1. The molecule has 0 aliphatic carbocycles. The van der Waals surface area contributed by atoms with E-state index in [2.05, 4.69) is 27.6 Å². The molecule has 1 amide bonds. The van der Waals surface area contributed by atoms with E-state index < -0.39 is 0 Å². The number of nitrogens with one attached hydrogen (secondary N) is 1. The number of hydrogen-bond donors (Lipinski definition) is 1. The zero-order valence-corrected chi connectivity index (χ0v) is 16.7. The molecule has 0 bridgehead atoms. The molecule has 0 saturated carbocycles. The molecule has 0 radical (unpaired) electrons. The monoisotopic (exact) mass is 395 g/mol. The van der Waals surface area contributed by atoms with Crippen molar-refractivity contribution in [2.45, 2.75) is 25.7 Å². The zero-order valence-electron chi connectivity index (χ0n) is 16.7. The van der Waals surface area contributed by atoms with Gasteiger partial charge in [0.15, 0.2) is 0 Å². The molecule has 0 spiro atoms. The smallest absolute Gasteiger partial charge is 0.236 e. The molecule has 1 heterocycles. The first-order valence-electron chi connectivity index (χ1n) is 9.54. The van der Waals surface area contributed by atoms with Gasteiger partial charge in [-0.25, -0.2) is 0 Å². The molecule has 7 heteroatoms. The highest BCUT2D eigenvalue weighted by atomic mass is 16.5. The van der Waals surface area contributed by atoms with Crippen LogP contribution in [0.5, 0.6) is 11.5 Å². The summed E-state index contributed by atoms with van der Waals surface area (Å²) < 4.78 is 15.5. The Labute approximate surface area is 170 Å². The van der Waals surface area contributed by atoms with E-state index in [1.165, 1.54) is 5.56 Å². The van der Waals surface area contributed by atoms with Crippen LogP contribution in [0.15, 0.2) is 53.1 Å². The fourth-order valence-corrected chi connectivity index (χ4v) is 2.86. The Morgan fingerprint density at radius 2 is 1.62 bits per heavy atom. The second kappa shape index (κ2) is 10.3. The third kappa shape index (κ3) is 6.07. The van der Waals surface area contributed by atoms with E-state index in [1.807, 2.05) is 36.4 Å². The summed E-state index contributed by atoms with van der Waals surface area (Å²) in [6.07, 6.45) is 2.93. The van der Waals surface area contributed by atoms with Gasteiger partial charge in [0.25, 0.3) is 0 Å². The third-order valence-electron chi connectivity index (χ3n) is 4.50. The molecule has 29 heavy (non-hydrogen) atoms.